The molecule has 0 bridgehead atoms. The molecule has 0 saturated carbocycles. The van der Waals surface area contributed by atoms with Crippen LogP contribution in [0.5, 0.6) is 0 Å². The highest BCUT2D eigenvalue weighted by Crippen LogP contribution is 2.37. The molecule has 2 heterocycles. The molecule has 0 amide bonds. The Morgan fingerprint density at radius 1 is 0.962 bits per heavy atom. The molecule has 26 heavy (non-hydrogen) atoms. The molecular formula is C20H16Cl2N2S2. The average molecular weight is 419 g/mol. The molecule has 0 radical (unpaired) electrons. The van der Waals surface area contributed by atoms with E-state index in [9.17, 15) is 0 Å². The number of hydrogen-bond donors (Lipinski definition) is 2. The van der Waals surface area contributed by atoms with Gasteiger partial charge in [0.2, 0.25) is 0 Å². The van der Waals surface area contributed by atoms with Crippen LogP contribution in [-0.4, -0.2) is 16.6 Å². The van der Waals surface area contributed by atoms with Crippen LogP contribution >= 0.6 is 47.2 Å². The second-order valence-corrected chi connectivity index (χ2v) is 8.46. The molecule has 0 fully saturated rings. The van der Waals surface area contributed by atoms with Crippen molar-refractivity contribution in [1.29, 1.82) is 0 Å². The fourth-order valence-corrected chi connectivity index (χ4v) is 4.74. The average Bonchev–Trinajstić information content (AvgIpc) is 2.64. The van der Waals surface area contributed by atoms with E-state index in [0.717, 1.165) is 32.8 Å². The quantitative estimate of drug-likeness (QED) is 0.619. The molecule has 0 spiro atoms. The van der Waals surface area contributed by atoms with E-state index in [1.807, 2.05) is 48.2 Å². The Bertz CT molecular complexity index is 902. The fraction of sp³-hybridized carbons (Fsp3) is 0.150. The number of benzene rings is 2. The molecule has 2 aromatic carbocycles. The van der Waals surface area contributed by atoms with Crippen LogP contribution in [0.25, 0.3) is 6.08 Å². The Morgan fingerprint density at radius 2 is 1.62 bits per heavy atom. The number of rotatable bonds is 2. The lowest BCUT2D eigenvalue weighted by Crippen LogP contribution is -2.45. The Hall–Kier alpha value is -1.46. The first-order valence-corrected chi connectivity index (χ1v) is 10.5. The minimum absolute atomic E-state index is 0.0671. The fourth-order valence-electron chi connectivity index (χ4n) is 3.19. The van der Waals surface area contributed by atoms with E-state index in [0.29, 0.717) is 5.11 Å². The molecule has 2 aromatic rings. The molecule has 2 N–H and O–H groups in total. The maximum absolute atomic E-state index is 6.05. The number of allylic oxidation sites excluding steroid dienone is 1. The highest BCUT2D eigenvalue weighted by atomic mass is 35.5. The summed E-state index contributed by atoms with van der Waals surface area (Å²) in [5, 5.41) is 8.91. The summed E-state index contributed by atoms with van der Waals surface area (Å²) in [5.41, 5.74) is 6.01. The summed E-state index contributed by atoms with van der Waals surface area (Å²) >= 11 is 19.4. The summed E-state index contributed by atoms with van der Waals surface area (Å²) in [6.07, 6.45) is 2.21. The largest absolute Gasteiger partial charge is 0.352 e. The standard InChI is InChI=1S/C20H16Cl2N2S2/c21-15-5-1-12(2-6-15)9-14-10-26-11-17-18(23-20(25)24-19(14)17)13-3-7-16(22)8-4-13/h1-9,18H,10-11H2,(H2,23,24,25)/b14-9-. The van der Waals surface area contributed by atoms with E-state index in [1.54, 1.807) is 0 Å². The van der Waals surface area contributed by atoms with Crippen molar-refractivity contribution in [2.24, 2.45) is 0 Å². The molecule has 0 aromatic heterocycles. The highest BCUT2D eigenvalue weighted by Gasteiger charge is 2.30. The Kier molecular flexibility index (Phi) is 5.28. The number of halogens is 2. The van der Waals surface area contributed by atoms with Crippen molar-refractivity contribution in [2.75, 3.05) is 11.5 Å². The second-order valence-electron chi connectivity index (χ2n) is 6.20. The zero-order valence-electron chi connectivity index (χ0n) is 13.8. The predicted octanol–water partition coefficient (Wildman–Crippen LogP) is 5.60. The summed E-state index contributed by atoms with van der Waals surface area (Å²) in [4.78, 5) is 0. The molecule has 6 heteroatoms. The molecular weight excluding hydrogens is 403 g/mol. The molecule has 4 rings (SSSR count). The van der Waals surface area contributed by atoms with Gasteiger partial charge in [0, 0.05) is 27.2 Å². The van der Waals surface area contributed by atoms with Gasteiger partial charge in [0.25, 0.3) is 0 Å². The van der Waals surface area contributed by atoms with Gasteiger partial charge in [-0.1, -0.05) is 47.5 Å². The van der Waals surface area contributed by atoms with E-state index in [4.69, 9.17) is 35.4 Å². The Labute approximate surface area is 172 Å². The minimum Gasteiger partial charge on any atom is -0.352 e. The monoisotopic (exact) mass is 418 g/mol. The number of hydrogen-bond acceptors (Lipinski definition) is 2. The summed E-state index contributed by atoms with van der Waals surface area (Å²) in [5.74, 6) is 1.91. The third-order valence-corrected chi connectivity index (χ3v) is 6.19. The van der Waals surface area contributed by atoms with Gasteiger partial charge in [0.15, 0.2) is 5.11 Å². The smallest absolute Gasteiger partial charge is 0.171 e. The molecule has 1 atom stereocenters. The molecule has 2 aliphatic rings. The van der Waals surface area contributed by atoms with Gasteiger partial charge in [-0.25, -0.2) is 0 Å². The van der Waals surface area contributed by atoms with E-state index in [-0.39, 0.29) is 6.04 Å². The van der Waals surface area contributed by atoms with Crippen LogP contribution in [0.3, 0.4) is 0 Å². The first-order chi connectivity index (χ1) is 12.6. The van der Waals surface area contributed by atoms with Crippen molar-refractivity contribution >= 4 is 58.4 Å². The summed E-state index contributed by atoms with van der Waals surface area (Å²) in [7, 11) is 0. The van der Waals surface area contributed by atoms with E-state index in [2.05, 4.69) is 28.8 Å². The molecule has 2 aliphatic heterocycles. The lowest BCUT2D eigenvalue weighted by molar-refractivity contribution is 0.694. The normalized spacial score (nSPS) is 21.2. The first kappa shape index (κ1) is 17.9. The van der Waals surface area contributed by atoms with Crippen LogP contribution in [-0.2, 0) is 0 Å². The second kappa shape index (κ2) is 7.65. The van der Waals surface area contributed by atoms with E-state index < -0.39 is 0 Å². The van der Waals surface area contributed by atoms with Crippen LogP contribution in [0.2, 0.25) is 10.0 Å². The van der Waals surface area contributed by atoms with Crippen LogP contribution in [0.4, 0.5) is 0 Å². The summed E-state index contributed by atoms with van der Waals surface area (Å²) < 4.78 is 0. The van der Waals surface area contributed by atoms with Crippen LogP contribution in [0.15, 0.2) is 65.4 Å². The van der Waals surface area contributed by atoms with Gasteiger partial charge in [-0.3, -0.25) is 0 Å². The molecule has 0 saturated heterocycles. The van der Waals surface area contributed by atoms with Crippen molar-refractivity contribution in [3.8, 4) is 0 Å². The third kappa shape index (κ3) is 3.79. The van der Waals surface area contributed by atoms with Gasteiger partial charge < -0.3 is 10.6 Å². The van der Waals surface area contributed by atoms with Gasteiger partial charge >= 0.3 is 0 Å². The van der Waals surface area contributed by atoms with Gasteiger partial charge in [-0.15, -0.1) is 0 Å². The molecule has 2 nitrogen and oxygen atoms in total. The number of nitrogens with one attached hydrogen (secondary N) is 2. The SMILES string of the molecule is S=C1NC2=C(CSC/C2=C/c2ccc(Cl)cc2)C(c2ccc(Cl)cc2)N1. The molecule has 1 unspecified atom stereocenters. The lowest BCUT2D eigenvalue weighted by Gasteiger charge is -2.35. The van der Waals surface area contributed by atoms with Crippen molar-refractivity contribution in [1.82, 2.24) is 10.6 Å². The van der Waals surface area contributed by atoms with Crippen molar-refractivity contribution in [2.45, 2.75) is 6.04 Å². The maximum Gasteiger partial charge on any atom is 0.171 e. The van der Waals surface area contributed by atoms with Crippen LogP contribution < -0.4 is 10.6 Å². The zero-order chi connectivity index (χ0) is 18.1. The lowest BCUT2D eigenvalue weighted by atomic mass is 9.93. The van der Waals surface area contributed by atoms with Crippen molar-refractivity contribution < 1.29 is 0 Å². The topological polar surface area (TPSA) is 24.1 Å². The number of thiocarbonyl (C=S) groups is 1. The minimum atomic E-state index is 0.0671. The van der Waals surface area contributed by atoms with E-state index >= 15 is 0 Å². The maximum atomic E-state index is 6.05. The van der Waals surface area contributed by atoms with Gasteiger partial charge in [0.1, 0.15) is 0 Å². The summed E-state index contributed by atoms with van der Waals surface area (Å²) in [6.45, 7) is 0. The molecule has 0 aliphatic carbocycles. The van der Waals surface area contributed by atoms with Crippen LogP contribution in [0, 0.1) is 0 Å². The van der Waals surface area contributed by atoms with E-state index in [1.165, 1.54) is 16.7 Å². The van der Waals surface area contributed by atoms with Crippen molar-refractivity contribution in [3.05, 3.63) is 86.5 Å². The third-order valence-electron chi connectivity index (χ3n) is 4.43. The molecule has 132 valence electrons. The van der Waals surface area contributed by atoms with Crippen molar-refractivity contribution in [3.63, 3.8) is 0 Å². The van der Waals surface area contributed by atoms with Gasteiger partial charge in [0.05, 0.1) is 6.04 Å². The Morgan fingerprint density at radius 3 is 2.31 bits per heavy atom. The van der Waals surface area contributed by atoms with Crippen LogP contribution in [0.1, 0.15) is 17.2 Å². The van der Waals surface area contributed by atoms with Gasteiger partial charge in [-0.05, 0) is 64.8 Å². The number of thioether (sulfide) groups is 1. The Balaban J connectivity index is 1.75. The first-order valence-electron chi connectivity index (χ1n) is 8.20. The highest BCUT2D eigenvalue weighted by molar-refractivity contribution is 7.99. The summed E-state index contributed by atoms with van der Waals surface area (Å²) in [6, 6.07) is 15.9. The predicted molar refractivity (Wildman–Crippen MR) is 117 cm³/mol. The van der Waals surface area contributed by atoms with Gasteiger partial charge in [-0.2, -0.15) is 11.8 Å². The zero-order valence-corrected chi connectivity index (χ0v) is 16.9.